The average Bonchev–Trinajstić information content (AvgIpc) is 2.88. The Bertz CT molecular complexity index is 477. The number of unbranched alkanes of at least 4 members (excludes halogenated alkanes) is 4. The fourth-order valence-electron chi connectivity index (χ4n) is 2.14. The van der Waals surface area contributed by atoms with Crippen LogP contribution in [-0.4, -0.2) is 35.7 Å². The average molecular weight is 261 g/mol. The number of hydrogen-bond acceptors (Lipinski definition) is 6. The highest BCUT2D eigenvalue weighted by Crippen LogP contribution is 2.19. The fourth-order valence-corrected chi connectivity index (χ4v) is 2.14. The van der Waals surface area contributed by atoms with Crippen LogP contribution in [0.5, 0.6) is 0 Å². The van der Waals surface area contributed by atoms with Gasteiger partial charge in [-0.15, -0.1) is 0 Å². The molecule has 0 aromatic heterocycles. The first-order valence-corrected chi connectivity index (χ1v) is 6.73. The molecule has 0 amide bonds. The molecule has 2 heterocycles. The SMILES string of the molecule is CCCCCCCC(=O)C1(N)N=CN=C2N=CN=C21. The molecule has 0 saturated heterocycles. The van der Waals surface area contributed by atoms with Gasteiger partial charge in [0.2, 0.25) is 5.66 Å². The second-order valence-electron chi connectivity index (χ2n) is 4.77. The van der Waals surface area contributed by atoms with Crippen LogP contribution in [0.1, 0.15) is 45.4 Å². The lowest BCUT2D eigenvalue weighted by molar-refractivity contribution is -0.121. The minimum Gasteiger partial charge on any atom is -0.296 e. The summed E-state index contributed by atoms with van der Waals surface area (Å²) >= 11 is 0. The van der Waals surface area contributed by atoms with E-state index in [0.717, 1.165) is 19.3 Å². The fraction of sp³-hybridized carbons (Fsp3) is 0.615. The summed E-state index contributed by atoms with van der Waals surface area (Å²) in [5.74, 6) is 0.286. The molecule has 0 aromatic carbocycles. The molecular formula is C13H19N5O. The molecule has 1 atom stereocenters. The van der Waals surface area contributed by atoms with Crippen LogP contribution >= 0.6 is 0 Å². The molecule has 0 bridgehead atoms. The third-order valence-electron chi connectivity index (χ3n) is 3.31. The highest BCUT2D eigenvalue weighted by molar-refractivity contribution is 6.54. The lowest BCUT2D eigenvalue weighted by Gasteiger charge is -2.25. The highest BCUT2D eigenvalue weighted by Gasteiger charge is 2.43. The predicted molar refractivity (Wildman–Crippen MR) is 77.2 cm³/mol. The third kappa shape index (κ3) is 2.84. The summed E-state index contributed by atoms with van der Waals surface area (Å²) < 4.78 is 0. The minimum absolute atomic E-state index is 0.114. The zero-order valence-corrected chi connectivity index (χ0v) is 11.2. The third-order valence-corrected chi connectivity index (χ3v) is 3.31. The Hall–Kier alpha value is -1.69. The lowest BCUT2D eigenvalue weighted by atomic mass is 9.94. The number of fused-ring (bicyclic) bond motifs is 1. The molecule has 0 radical (unpaired) electrons. The number of ketones is 1. The molecule has 0 spiro atoms. The van der Waals surface area contributed by atoms with Gasteiger partial charge in [-0.25, -0.2) is 20.0 Å². The first-order chi connectivity index (χ1) is 9.18. The van der Waals surface area contributed by atoms with Crippen LogP contribution in [0.3, 0.4) is 0 Å². The van der Waals surface area contributed by atoms with Gasteiger partial charge in [0.05, 0.1) is 0 Å². The molecule has 2 N–H and O–H groups in total. The summed E-state index contributed by atoms with van der Waals surface area (Å²) in [4.78, 5) is 28.2. The molecule has 1 unspecified atom stereocenters. The molecule has 0 saturated carbocycles. The number of nitrogens with two attached hydrogens (primary N) is 1. The smallest absolute Gasteiger partial charge is 0.215 e. The van der Waals surface area contributed by atoms with E-state index in [1.807, 2.05) is 0 Å². The summed E-state index contributed by atoms with van der Waals surface area (Å²) in [5, 5.41) is 0. The topological polar surface area (TPSA) is 92.5 Å². The van der Waals surface area contributed by atoms with Crippen molar-refractivity contribution in [1.29, 1.82) is 0 Å². The van der Waals surface area contributed by atoms with Gasteiger partial charge < -0.3 is 0 Å². The maximum Gasteiger partial charge on any atom is 0.215 e. The van der Waals surface area contributed by atoms with Crippen LogP contribution in [-0.2, 0) is 4.79 Å². The van der Waals surface area contributed by atoms with Crippen molar-refractivity contribution in [1.82, 2.24) is 0 Å². The van der Waals surface area contributed by atoms with Crippen molar-refractivity contribution in [2.75, 3.05) is 0 Å². The van der Waals surface area contributed by atoms with E-state index in [9.17, 15) is 4.79 Å². The van der Waals surface area contributed by atoms with Crippen LogP contribution in [0, 0.1) is 0 Å². The van der Waals surface area contributed by atoms with Crippen molar-refractivity contribution in [2.24, 2.45) is 25.7 Å². The summed E-state index contributed by atoms with van der Waals surface area (Å²) in [6, 6.07) is 0. The van der Waals surface area contributed by atoms with E-state index in [-0.39, 0.29) is 5.78 Å². The van der Waals surface area contributed by atoms with Crippen molar-refractivity contribution in [2.45, 2.75) is 51.1 Å². The number of amidine groups is 1. The van der Waals surface area contributed by atoms with Crippen molar-refractivity contribution in [3.8, 4) is 0 Å². The van der Waals surface area contributed by atoms with Gasteiger partial charge in [-0.2, -0.15) is 0 Å². The summed E-state index contributed by atoms with van der Waals surface area (Å²) in [5.41, 5.74) is 5.07. The van der Waals surface area contributed by atoms with Crippen molar-refractivity contribution in [3.63, 3.8) is 0 Å². The van der Waals surface area contributed by atoms with Crippen molar-refractivity contribution < 1.29 is 4.79 Å². The number of Topliss-reactive ketones (excluding diaryl/α,β-unsaturated/α-hetero) is 1. The quantitative estimate of drug-likeness (QED) is 0.703. The summed E-state index contributed by atoms with van der Waals surface area (Å²) in [7, 11) is 0. The molecule has 0 fully saturated rings. The number of carbonyl (C=O) groups is 1. The largest absolute Gasteiger partial charge is 0.296 e. The number of hydrogen-bond donors (Lipinski definition) is 1. The van der Waals surface area contributed by atoms with E-state index >= 15 is 0 Å². The number of aliphatic imine (C=N–C) groups is 4. The van der Waals surface area contributed by atoms with E-state index in [2.05, 4.69) is 26.9 Å². The standard InChI is InChI=1S/C13H19N5O/c1-2-3-4-5-6-7-10(19)13(14)11-12(16-8-15-11)17-9-18-13/h8-9H,2-7,14H2,1H3. The van der Waals surface area contributed by atoms with Crippen LogP contribution in [0.15, 0.2) is 20.0 Å². The van der Waals surface area contributed by atoms with Crippen LogP contribution in [0.4, 0.5) is 0 Å². The Kier molecular flexibility index (Phi) is 4.31. The van der Waals surface area contributed by atoms with Gasteiger partial charge >= 0.3 is 0 Å². The second kappa shape index (κ2) is 5.97. The van der Waals surface area contributed by atoms with E-state index in [1.54, 1.807) is 0 Å². The Morgan fingerprint density at radius 1 is 1.21 bits per heavy atom. The first kappa shape index (κ1) is 13.7. The molecule has 0 aromatic rings. The van der Waals surface area contributed by atoms with Gasteiger partial charge in [0.1, 0.15) is 18.4 Å². The predicted octanol–water partition coefficient (Wildman–Crippen LogP) is 1.49. The van der Waals surface area contributed by atoms with Gasteiger partial charge in [-0.05, 0) is 6.42 Å². The maximum absolute atomic E-state index is 12.3. The number of carbonyl (C=O) groups excluding carboxylic acids is 1. The van der Waals surface area contributed by atoms with Crippen LogP contribution in [0.25, 0.3) is 0 Å². The molecule has 6 nitrogen and oxygen atoms in total. The molecule has 0 aliphatic carbocycles. The second-order valence-corrected chi connectivity index (χ2v) is 4.77. The monoisotopic (exact) mass is 261 g/mol. The lowest BCUT2D eigenvalue weighted by Crippen LogP contribution is -2.56. The highest BCUT2D eigenvalue weighted by atomic mass is 16.1. The first-order valence-electron chi connectivity index (χ1n) is 6.73. The zero-order valence-electron chi connectivity index (χ0n) is 11.2. The Balaban J connectivity index is 1.92. The van der Waals surface area contributed by atoms with Crippen LogP contribution in [0.2, 0.25) is 0 Å². The molecule has 102 valence electrons. The number of nitrogens with zero attached hydrogens (tertiary/aromatic N) is 4. The van der Waals surface area contributed by atoms with Gasteiger partial charge in [-0.3, -0.25) is 10.5 Å². The van der Waals surface area contributed by atoms with E-state index in [4.69, 9.17) is 5.73 Å². The van der Waals surface area contributed by atoms with Gasteiger partial charge in [-0.1, -0.05) is 32.6 Å². The Morgan fingerprint density at radius 2 is 2.00 bits per heavy atom. The van der Waals surface area contributed by atoms with Gasteiger partial charge in [0.25, 0.3) is 0 Å². The van der Waals surface area contributed by atoms with Gasteiger partial charge in [0, 0.05) is 6.42 Å². The molecule has 19 heavy (non-hydrogen) atoms. The Morgan fingerprint density at radius 3 is 2.79 bits per heavy atom. The normalized spacial score (nSPS) is 24.1. The minimum atomic E-state index is -1.39. The zero-order chi connectivity index (χ0) is 13.7. The van der Waals surface area contributed by atoms with Crippen molar-refractivity contribution >= 4 is 30.0 Å². The molecule has 2 rings (SSSR count). The molecule has 6 heteroatoms. The molecule has 2 aliphatic rings. The van der Waals surface area contributed by atoms with E-state index < -0.39 is 5.66 Å². The van der Waals surface area contributed by atoms with Crippen LogP contribution < -0.4 is 5.73 Å². The Labute approximate surface area is 112 Å². The van der Waals surface area contributed by atoms with Gasteiger partial charge in [0.15, 0.2) is 11.6 Å². The molecular weight excluding hydrogens is 242 g/mol. The summed E-state index contributed by atoms with van der Waals surface area (Å²) in [6.07, 6.45) is 8.51. The number of rotatable bonds is 7. The molecule has 2 aliphatic heterocycles. The van der Waals surface area contributed by atoms with Crippen molar-refractivity contribution in [3.05, 3.63) is 0 Å². The summed E-state index contributed by atoms with van der Waals surface area (Å²) in [6.45, 7) is 2.16. The van der Waals surface area contributed by atoms with E-state index in [0.29, 0.717) is 18.0 Å². The van der Waals surface area contributed by atoms with E-state index in [1.165, 1.54) is 25.5 Å². The maximum atomic E-state index is 12.3.